The molecule has 0 unspecified atom stereocenters. The van der Waals surface area contributed by atoms with Crippen LogP contribution >= 0.6 is 0 Å². The Balaban J connectivity index is 2.00. The number of nitrogens with two attached hydrogens (primary N) is 1. The molecule has 20 heavy (non-hydrogen) atoms. The van der Waals surface area contributed by atoms with E-state index in [-0.39, 0.29) is 0 Å². The molecule has 0 spiro atoms. The minimum atomic E-state index is 0.768. The predicted octanol–water partition coefficient (Wildman–Crippen LogP) is 3.97. The van der Waals surface area contributed by atoms with Crippen molar-refractivity contribution < 1.29 is 0 Å². The molecule has 0 aliphatic heterocycles. The fraction of sp³-hybridized carbons (Fsp3) is 0. The first kappa shape index (κ1) is 11.1. The summed E-state index contributed by atoms with van der Waals surface area (Å²) in [4.78, 5) is 8.00. The van der Waals surface area contributed by atoms with Crippen LogP contribution in [-0.2, 0) is 0 Å². The van der Waals surface area contributed by atoms with E-state index >= 15 is 0 Å². The summed E-state index contributed by atoms with van der Waals surface area (Å²) in [6.07, 6.45) is 1.88. The number of fused-ring (bicyclic) bond motifs is 3. The second-order valence-electron chi connectivity index (χ2n) is 4.88. The van der Waals surface area contributed by atoms with Crippen LogP contribution in [0.3, 0.4) is 0 Å². The van der Waals surface area contributed by atoms with Gasteiger partial charge < -0.3 is 10.7 Å². The number of nitrogen functional groups attached to an aromatic ring is 1. The van der Waals surface area contributed by atoms with Crippen LogP contribution in [0, 0.1) is 0 Å². The molecule has 4 rings (SSSR count). The minimum absolute atomic E-state index is 0.768. The zero-order chi connectivity index (χ0) is 13.5. The number of benzene rings is 2. The number of rotatable bonds is 1. The number of para-hydroxylation sites is 2. The summed E-state index contributed by atoms with van der Waals surface area (Å²) in [7, 11) is 0. The van der Waals surface area contributed by atoms with Gasteiger partial charge >= 0.3 is 0 Å². The Morgan fingerprint density at radius 3 is 2.60 bits per heavy atom. The van der Waals surface area contributed by atoms with Crippen LogP contribution in [0.4, 0.5) is 5.69 Å². The molecular weight excluding hydrogens is 246 g/mol. The van der Waals surface area contributed by atoms with Crippen molar-refractivity contribution in [1.29, 1.82) is 0 Å². The summed E-state index contributed by atoms with van der Waals surface area (Å²) in [6.45, 7) is 0. The van der Waals surface area contributed by atoms with Crippen LogP contribution in [0.15, 0.2) is 60.8 Å². The SMILES string of the molecule is Nc1ccccc1-c1cnc2c(c1)[nH]c1ccccc12. The number of hydrogen-bond acceptors (Lipinski definition) is 2. The summed E-state index contributed by atoms with van der Waals surface area (Å²) in [5.41, 5.74) is 12.0. The zero-order valence-corrected chi connectivity index (χ0v) is 10.8. The van der Waals surface area contributed by atoms with Crippen LogP contribution in [0.5, 0.6) is 0 Å². The summed E-state index contributed by atoms with van der Waals surface area (Å²) in [5, 5.41) is 1.15. The summed E-state index contributed by atoms with van der Waals surface area (Å²) in [5.74, 6) is 0. The molecule has 0 fully saturated rings. The molecule has 0 aliphatic carbocycles. The maximum atomic E-state index is 6.03. The average molecular weight is 259 g/mol. The summed E-state index contributed by atoms with van der Waals surface area (Å²) < 4.78 is 0. The van der Waals surface area contributed by atoms with Crippen molar-refractivity contribution in [2.24, 2.45) is 0 Å². The van der Waals surface area contributed by atoms with Gasteiger partial charge in [-0.15, -0.1) is 0 Å². The highest BCUT2D eigenvalue weighted by Crippen LogP contribution is 2.29. The molecule has 2 aromatic carbocycles. The molecule has 4 aromatic rings. The molecule has 2 heterocycles. The molecule has 2 aromatic heterocycles. The van der Waals surface area contributed by atoms with Gasteiger partial charge in [0.2, 0.25) is 0 Å². The highest BCUT2D eigenvalue weighted by Gasteiger charge is 2.08. The van der Waals surface area contributed by atoms with E-state index in [0.717, 1.165) is 38.8 Å². The van der Waals surface area contributed by atoms with Crippen molar-refractivity contribution in [3.63, 3.8) is 0 Å². The molecule has 0 saturated carbocycles. The van der Waals surface area contributed by atoms with Gasteiger partial charge in [-0.1, -0.05) is 36.4 Å². The smallest absolute Gasteiger partial charge is 0.0958 e. The lowest BCUT2D eigenvalue weighted by molar-refractivity contribution is 1.41. The van der Waals surface area contributed by atoms with E-state index in [1.165, 1.54) is 0 Å². The van der Waals surface area contributed by atoms with Gasteiger partial charge in [-0.25, -0.2) is 0 Å². The first-order valence-corrected chi connectivity index (χ1v) is 6.54. The van der Waals surface area contributed by atoms with Gasteiger partial charge in [0.15, 0.2) is 0 Å². The van der Waals surface area contributed by atoms with E-state index in [0.29, 0.717) is 0 Å². The van der Waals surface area contributed by atoms with Gasteiger partial charge in [0.25, 0.3) is 0 Å². The van der Waals surface area contributed by atoms with Gasteiger partial charge in [-0.3, -0.25) is 4.98 Å². The summed E-state index contributed by atoms with van der Waals surface area (Å²) in [6, 6.07) is 18.1. The first-order valence-electron chi connectivity index (χ1n) is 6.54. The van der Waals surface area contributed by atoms with Crippen molar-refractivity contribution >= 4 is 27.6 Å². The molecule has 3 N–H and O–H groups in total. The second-order valence-corrected chi connectivity index (χ2v) is 4.88. The molecular formula is C17H13N3. The number of nitrogens with one attached hydrogen (secondary N) is 1. The number of aromatic amines is 1. The number of nitrogens with zero attached hydrogens (tertiary/aromatic N) is 1. The fourth-order valence-electron chi connectivity index (χ4n) is 2.63. The third-order valence-corrected chi connectivity index (χ3v) is 3.61. The number of H-pyrrole nitrogens is 1. The molecule has 0 atom stereocenters. The van der Waals surface area contributed by atoms with E-state index in [9.17, 15) is 0 Å². The molecule has 0 saturated heterocycles. The Hall–Kier alpha value is -2.81. The number of anilines is 1. The van der Waals surface area contributed by atoms with E-state index in [4.69, 9.17) is 5.73 Å². The molecule has 0 bridgehead atoms. The van der Waals surface area contributed by atoms with E-state index in [2.05, 4.69) is 28.2 Å². The van der Waals surface area contributed by atoms with Crippen LogP contribution < -0.4 is 5.73 Å². The second kappa shape index (κ2) is 4.10. The Labute approximate surface area is 116 Å². The van der Waals surface area contributed by atoms with Crippen LogP contribution in [0.2, 0.25) is 0 Å². The van der Waals surface area contributed by atoms with Crippen LogP contribution in [0.1, 0.15) is 0 Å². The van der Waals surface area contributed by atoms with Gasteiger partial charge in [-0.2, -0.15) is 0 Å². The van der Waals surface area contributed by atoms with Gasteiger partial charge in [0.05, 0.1) is 11.0 Å². The Bertz CT molecular complexity index is 922. The first-order chi connectivity index (χ1) is 9.83. The van der Waals surface area contributed by atoms with Gasteiger partial charge in [0, 0.05) is 33.9 Å². The lowest BCUT2D eigenvalue weighted by Crippen LogP contribution is -1.89. The molecule has 0 amide bonds. The highest BCUT2D eigenvalue weighted by molar-refractivity contribution is 6.05. The lowest BCUT2D eigenvalue weighted by Gasteiger charge is -2.04. The van der Waals surface area contributed by atoms with Crippen molar-refractivity contribution in [3.8, 4) is 11.1 Å². The van der Waals surface area contributed by atoms with Gasteiger partial charge in [-0.05, 0) is 18.2 Å². The third kappa shape index (κ3) is 1.57. The van der Waals surface area contributed by atoms with E-state index < -0.39 is 0 Å². The third-order valence-electron chi connectivity index (χ3n) is 3.61. The van der Waals surface area contributed by atoms with Crippen molar-refractivity contribution in [1.82, 2.24) is 9.97 Å². The van der Waals surface area contributed by atoms with Gasteiger partial charge in [0.1, 0.15) is 0 Å². The lowest BCUT2D eigenvalue weighted by atomic mass is 10.1. The molecule has 3 nitrogen and oxygen atoms in total. The van der Waals surface area contributed by atoms with E-state index in [1.54, 1.807) is 0 Å². The van der Waals surface area contributed by atoms with Crippen molar-refractivity contribution in [3.05, 3.63) is 60.8 Å². The predicted molar refractivity (Wildman–Crippen MR) is 83.4 cm³/mol. The largest absolute Gasteiger partial charge is 0.398 e. The molecule has 0 aliphatic rings. The van der Waals surface area contributed by atoms with Crippen molar-refractivity contribution in [2.75, 3.05) is 5.73 Å². The maximum Gasteiger partial charge on any atom is 0.0958 e. The Morgan fingerprint density at radius 1 is 0.900 bits per heavy atom. The monoisotopic (exact) mass is 259 g/mol. The number of pyridine rings is 1. The molecule has 0 radical (unpaired) electrons. The summed E-state index contributed by atoms with van der Waals surface area (Å²) >= 11 is 0. The standard InChI is InChI=1S/C17H13N3/c18-14-7-3-1-5-12(14)11-9-16-17(19-10-11)13-6-2-4-8-15(13)20-16/h1-10,20H,18H2. The number of aromatic nitrogens is 2. The maximum absolute atomic E-state index is 6.03. The fourth-order valence-corrected chi connectivity index (χ4v) is 2.63. The van der Waals surface area contributed by atoms with Crippen LogP contribution in [-0.4, -0.2) is 9.97 Å². The quantitative estimate of drug-likeness (QED) is 0.508. The highest BCUT2D eigenvalue weighted by atomic mass is 14.8. The number of hydrogen-bond donors (Lipinski definition) is 2. The normalized spacial score (nSPS) is 11.2. The van der Waals surface area contributed by atoms with Crippen molar-refractivity contribution in [2.45, 2.75) is 0 Å². The average Bonchev–Trinajstić information content (AvgIpc) is 2.85. The Morgan fingerprint density at radius 2 is 1.70 bits per heavy atom. The zero-order valence-electron chi connectivity index (χ0n) is 10.8. The molecule has 3 heteroatoms. The minimum Gasteiger partial charge on any atom is -0.398 e. The van der Waals surface area contributed by atoms with E-state index in [1.807, 2.05) is 42.6 Å². The van der Waals surface area contributed by atoms with Crippen LogP contribution in [0.25, 0.3) is 33.1 Å². The topological polar surface area (TPSA) is 54.7 Å². The Kier molecular flexibility index (Phi) is 2.27. The molecule has 96 valence electrons.